The Morgan fingerprint density at radius 1 is 1.47 bits per heavy atom. The molecule has 0 radical (unpaired) electrons. The van der Waals surface area contributed by atoms with Gasteiger partial charge in [0.15, 0.2) is 0 Å². The molecule has 15 heavy (non-hydrogen) atoms. The Kier molecular flexibility index (Phi) is 6.43. The summed E-state index contributed by atoms with van der Waals surface area (Å²) < 4.78 is 2.96. The van der Waals surface area contributed by atoms with Crippen molar-refractivity contribution in [2.75, 3.05) is 19.6 Å². The average Bonchev–Trinajstić information content (AvgIpc) is 3.01. The summed E-state index contributed by atoms with van der Waals surface area (Å²) in [7, 11) is 0. The number of hydrogen-bond donors (Lipinski definition) is 3. The van der Waals surface area contributed by atoms with E-state index < -0.39 is 0 Å². The molecular formula is C11H24N2S2. The molecule has 0 bridgehead atoms. The molecule has 4 heteroatoms. The van der Waals surface area contributed by atoms with Crippen LogP contribution in [0.5, 0.6) is 0 Å². The second-order valence-electron chi connectivity index (χ2n) is 4.51. The van der Waals surface area contributed by atoms with Crippen molar-refractivity contribution in [3.05, 3.63) is 0 Å². The van der Waals surface area contributed by atoms with Gasteiger partial charge in [0.25, 0.3) is 0 Å². The van der Waals surface area contributed by atoms with E-state index in [1.807, 2.05) is 0 Å². The molecule has 1 saturated carbocycles. The van der Waals surface area contributed by atoms with Crippen molar-refractivity contribution >= 4 is 25.4 Å². The molecule has 2 atom stereocenters. The predicted molar refractivity (Wildman–Crippen MR) is 73.5 cm³/mol. The molecule has 2 unspecified atom stereocenters. The van der Waals surface area contributed by atoms with Gasteiger partial charge in [-0.3, -0.25) is 9.62 Å². The van der Waals surface area contributed by atoms with E-state index in [4.69, 9.17) is 0 Å². The van der Waals surface area contributed by atoms with Crippen LogP contribution >= 0.6 is 25.4 Å². The van der Waals surface area contributed by atoms with Crippen LogP contribution in [-0.4, -0.2) is 29.9 Å². The van der Waals surface area contributed by atoms with Gasteiger partial charge < -0.3 is 0 Å². The van der Waals surface area contributed by atoms with Crippen LogP contribution in [0.25, 0.3) is 0 Å². The standard InChI is InChI=1S/C11H24N2S2/c1-3-13(9(2)14)8-11(6-7-12-15)10-4-5-10/h9-12,14-15H,3-8H2,1-2H3. The van der Waals surface area contributed by atoms with Gasteiger partial charge in [-0.25, -0.2) is 0 Å². The Labute approximate surface area is 105 Å². The second-order valence-corrected chi connectivity index (χ2v) is 5.58. The van der Waals surface area contributed by atoms with Crippen LogP contribution < -0.4 is 4.72 Å². The van der Waals surface area contributed by atoms with Gasteiger partial charge in [-0.05, 0) is 44.6 Å². The molecule has 1 fully saturated rings. The lowest BCUT2D eigenvalue weighted by molar-refractivity contribution is 0.215. The van der Waals surface area contributed by atoms with Crippen molar-refractivity contribution in [1.82, 2.24) is 9.62 Å². The molecule has 0 saturated heterocycles. The maximum Gasteiger partial charge on any atom is 0.0499 e. The zero-order valence-electron chi connectivity index (χ0n) is 9.82. The number of nitrogens with one attached hydrogen (secondary N) is 1. The van der Waals surface area contributed by atoms with Crippen LogP contribution in [0, 0.1) is 11.8 Å². The van der Waals surface area contributed by atoms with Crippen LogP contribution in [0.4, 0.5) is 0 Å². The first kappa shape index (κ1) is 13.7. The number of nitrogens with zero attached hydrogens (tertiary/aromatic N) is 1. The van der Waals surface area contributed by atoms with Crippen LogP contribution in [0.3, 0.4) is 0 Å². The van der Waals surface area contributed by atoms with Crippen LogP contribution in [0.1, 0.15) is 33.1 Å². The topological polar surface area (TPSA) is 15.3 Å². The van der Waals surface area contributed by atoms with Gasteiger partial charge in [-0.15, -0.1) is 0 Å². The third-order valence-corrected chi connectivity index (χ3v) is 3.87. The summed E-state index contributed by atoms with van der Waals surface area (Å²) in [6.45, 7) is 7.69. The monoisotopic (exact) mass is 248 g/mol. The molecule has 0 aromatic carbocycles. The van der Waals surface area contributed by atoms with E-state index in [1.54, 1.807) is 0 Å². The summed E-state index contributed by atoms with van der Waals surface area (Å²) in [5.41, 5.74) is 0. The van der Waals surface area contributed by atoms with E-state index in [2.05, 4.69) is 48.9 Å². The maximum atomic E-state index is 4.52. The quantitative estimate of drug-likeness (QED) is 0.452. The second kappa shape index (κ2) is 7.05. The normalized spacial score (nSPS) is 20.6. The van der Waals surface area contributed by atoms with Crippen molar-refractivity contribution in [3.63, 3.8) is 0 Å². The summed E-state index contributed by atoms with van der Waals surface area (Å²) in [4.78, 5) is 2.45. The third-order valence-electron chi connectivity index (χ3n) is 3.32. The van der Waals surface area contributed by atoms with E-state index in [0.29, 0.717) is 5.37 Å². The third kappa shape index (κ3) is 4.98. The van der Waals surface area contributed by atoms with E-state index in [1.165, 1.54) is 25.8 Å². The molecular weight excluding hydrogens is 224 g/mol. The van der Waals surface area contributed by atoms with Crippen LogP contribution in [-0.2, 0) is 0 Å². The van der Waals surface area contributed by atoms with E-state index >= 15 is 0 Å². The zero-order chi connectivity index (χ0) is 11.3. The molecule has 0 heterocycles. The molecule has 0 aliphatic heterocycles. The predicted octanol–water partition coefficient (Wildman–Crippen LogP) is 2.43. The smallest absolute Gasteiger partial charge is 0.0499 e. The minimum atomic E-state index is 0.375. The Bertz CT molecular complexity index is 172. The Morgan fingerprint density at radius 2 is 2.13 bits per heavy atom. The Balaban J connectivity index is 2.34. The fourth-order valence-corrected chi connectivity index (χ4v) is 2.53. The van der Waals surface area contributed by atoms with Crippen LogP contribution in [0.2, 0.25) is 0 Å². The highest BCUT2D eigenvalue weighted by Gasteiger charge is 2.32. The van der Waals surface area contributed by atoms with Crippen molar-refractivity contribution in [2.45, 2.75) is 38.5 Å². The molecule has 0 aromatic heterocycles. The average molecular weight is 248 g/mol. The van der Waals surface area contributed by atoms with E-state index in [9.17, 15) is 0 Å². The molecule has 1 rings (SSSR count). The Hall–Kier alpha value is 0.620. The van der Waals surface area contributed by atoms with Gasteiger partial charge in [0, 0.05) is 18.5 Å². The van der Waals surface area contributed by atoms with Crippen LogP contribution in [0.15, 0.2) is 0 Å². The van der Waals surface area contributed by atoms with Gasteiger partial charge in [0.05, 0.1) is 0 Å². The summed E-state index contributed by atoms with van der Waals surface area (Å²) in [5.74, 6) is 1.80. The highest BCUT2D eigenvalue weighted by atomic mass is 32.1. The number of hydrogen-bond acceptors (Lipinski definition) is 4. The fourth-order valence-electron chi connectivity index (χ4n) is 2.14. The molecule has 2 nitrogen and oxygen atoms in total. The van der Waals surface area contributed by atoms with Gasteiger partial charge in [-0.2, -0.15) is 12.6 Å². The molecule has 1 aliphatic carbocycles. The first-order chi connectivity index (χ1) is 7.19. The summed E-state index contributed by atoms with van der Waals surface area (Å²) in [5, 5.41) is 0.375. The first-order valence-electron chi connectivity index (χ1n) is 5.98. The lowest BCUT2D eigenvalue weighted by atomic mass is 9.99. The van der Waals surface area contributed by atoms with Gasteiger partial charge in [0.2, 0.25) is 0 Å². The molecule has 90 valence electrons. The van der Waals surface area contributed by atoms with Gasteiger partial charge >= 0.3 is 0 Å². The van der Waals surface area contributed by atoms with Gasteiger partial charge in [0.1, 0.15) is 0 Å². The highest BCUT2D eigenvalue weighted by Crippen LogP contribution is 2.39. The summed E-state index contributed by atoms with van der Waals surface area (Å²) in [6.07, 6.45) is 4.09. The lowest BCUT2D eigenvalue weighted by Crippen LogP contribution is -2.35. The molecule has 0 aromatic rings. The minimum absolute atomic E-state index is 0.375. The van der Waals surface area contributed by atoms with Crippen molar-refractivity contribution in [3.8, 4) is 0 Å². The molecule has 1 aliphatic rings. The van der Waals surface area contributed by atoms with Crippen molar-refractivity contribution < 1.29 is 0 Å². The van der Waals surface area contributed by atoms with E-state index in [0.717, 1.165) is 24.9 Å². The minimum Gasteiger partial charge on any atom is -0.292 e. The lowest BCUT2D eigenvalue weighted by Gasteiger charge is -2.29. The summed E-state index contributed by atoms with van der Waals surface area (Å²) >= 11 is 8.58. The maximum absolute atomic E-state index is 4.52. The van der Waals surface area contributed by atoms with E-state index in [-0.39, 0.29) is 0 Å². The summed E-state index contributed by atoms with van der Waals surface area (Å²) in [6, 6.07) is 0. The molecule has 1 N–H and O–H groups in total. The largest absolute Gasteiger partial charge is 0.292 e. The Morgan fingerprint density at radius 3 is 2.53 bits per heavy atom. The SMILES string of the molecule is CCN(CC(CCNS)C1CC1)C(C)S. The number of thiol groups is 2. The number of rotatable bonds is 8. The van der Waals surface area contributed by atoms with Crippen molar-refractivity contribution in [2.24, 2.45) is 11.8 Å². The zero-order valence-corrected chi connectivity index (χ0v) is 11.6. The molecule has 0 spiro atoms. The fraction of sp³-hybridized carbons (Fsp3) is 1.00. The molecule has 0 amide bonds. The first-order valence-corrected chi connectivity index (χ1v) is 6.94. The highest BCUT2D eigenvalue weighted by molar-refractivity contribution is 7.80. The van der Waals surface area contributed by atoms with Gasteiger partial charge in [-0.1, -0.05) is 19.7 Å². The van der Waals surface area contributed by atoms with Crippen molar-refractivity contribution in [1.29, 1.82) is 0 Å².